The van der Waals surface area contributed by atoms with Crippen LogP contribution in [-0.4, -0.2) is 29.7 Å². The molecule has 7 heteroatoms. The number of rotatable bonds is 3. The Morgan fingerprint density at radius 1 is 0.875 bits per heavy atom. The van der Waals surface area contributed by atoms with Gasteiger partial charge >= 0.3 is 0 Å². The van der Waals surface area contributed by atoms with Crippen molar-refractivity contribution >= 4 is 15.8 Å². The molecule has 6 nitrogen and oxygen atoms in total. The van der Waals surface area contributed by atoms with E-state index in [9.17, 15) is 8.42 Å². The Bertz CT molecular complexity index is 1410. The summed E-state index contributed by atoms with van der Waals surface area (Å²) in [4.78, 5) is 4.75. The fraction of sp³-hybridized carbons (Fsp3) is 0.200. The van der Waals surface area contributed by atoms with Crippen molar-refractivity contribution in [2.45, 2.75) is 32.1 Å². The third-order valence-corrected chi connectivity index (χ3v) is 7.77. The average Bonchev–Trinajstić information content (AvgIpc) is 3.01. The second kappa shape index (κ2) is 7.60. The molecule has 0 fully saturated rings. The van der Waals surface area contributed by atoms with E-state index in [1.54, 1.807) is 18.3 Å². The predicted octanol–water partition coefficient (Wildman–Crippen LogP) is 4.61. The number of hydrogen-bond acceptors (Lipinski definition) is 4. The molecular weight excluding hydrogens is 420 g/mol. The number of sulfonamides is 1. The van der Waals surface area contributed by atoms with Gasteiger partial charge < -0.3 is 0 Å². The molecule has 4 aromatic rings. The van der Waals surface area contributed by atoms with E-state index in [1.807, 2.05) is 54.9 Å². The van der Waals surface area contributed by atoms with Crippen LogP contribution in [0.5, 0.6) is 0 Å². The molecule has 0 spiro atoms. The first-order chi connectivity index (χ1) is 15.4. The molecule has 0 saturated carbocycles. The summed E-state index contributed by atoms with van der Waals surface area (Å²) in [5.74, 6) is 0.417. The molecule has 0 atom stereocenters. The van der Waals surface area contributed by atoms with E-state index < -0.39 is 10.0 Å². The van der Waals surface area contributed by atoms with Crippen LogP contribution in [-0.2, 0) is 16.4 Å². The van der Waals surface area contributed by atoms with E-state index in [1.165, 1.54) is 9.87 Å². The number of pyridine rings is 1. The minimum absolute atomic E-state index is 0.265. The molecule has 1 aliphatic heterocycles. The molecule has 162 valence electrons. The highest BCUT2D eigenvalue weighted by atomic mass is 32.2. The van der Waals surface area contributed by atoms with Gasteiger partial charge in [0.1, 0.15) is 5.69 Å². The lowest BCUT2D eigenvalue weighted by atomic mass is 10.1. The van der Waals surface area contributed by atoms with Gasteiger partial charge in [-0.05, 0) is 63.6 Å². The molecule has 3 heterocycles. The quantitative estimate of drug-likeness (QED) is 0.463. The highest BCUT2D eigenvalue weighted by Gasteiger charge is 2.33. The van der Waals surface area contributed by atoms with Gasteiger partial charge in [-0.25, -0.2) is 22.4 Å². The first-order valence-corrected chi connectivity index (χ1v) is 12.0. The van der Waals surface area contributed by atoms with Crippen molar-refractivity contribution in [2.75, 3.05) is 10.8 Å². The third kappa shape index (κ3) is 3.29. The zero-order chi connectivity index (χ0) is 22.5. The van der Waals surface area contributed by atoms with Crippen LogP contribution < -0.4 is 4.31 Å². The Morgan fingerprint density at radius 3 is 2.22 bits per heavy atom. The van der Waals surface area contributed by atoms with Gasteiger partial charge in [-0.15, -0.1) is 0 Å². The van der Waals surface area contributed by atoms with Gasteiger partial charge in [0, 0.05) is 29.6 Å². The van der Waals surface area contributed by atoms with Gasteiger partial charge in [0.25, 0.3) is 10.0 Å². The second-order valence-corrected chi connectivity index (χ2v) is 10.0. The molecular formula is C25H24N4O2S. The van der Waals surface area contributed by atoms with Gasteiger partial charge in [-0.3, -0.25) is 0 Å². The number of aromatic nitrogens is 3. The largest absolute Gasteiger partial charge is 0.265 e. The maximum Gasteiger partial charge on any atom is 0.265 e. The van der Waals surface area contributed by atoms with Crippen molar-refractivity contribution in [2.24, 2.45) is 0 Å². The highest BCUT2D eigenvalue weighted by Crippen LogP contribution is 2.38. The zero-order valence-corrected chi connectivity index (χ0v) is 19.1. The van der Waals surface area contributed by atoms with Crippen LogP contribution in [0.15, 0.2) is 71.8 Å². The third-order valence-electron chi connectivity index (χ3n) is 5.97. The highest BCUT2D eigenvalue weighted by molar-refractivity contribution is 7.92. The van der Waals surface area contributed by atoms with Crippen LogP contribution in [0, 0.1) is 20.8 Å². The molecule has 2 aromatic carbocycles. The Hall–Kier alpha value is -3.45. The SMILES string of the molecule is Cc1ccc(-n2nc3c(c2C)CCN(S(=O)(=O)c2ccc(C)cc2)c2ncccc2-3)cc1. The molecule has 1 aliphatic rings. The van der Waals surface area contributed by atoms with Crippen LogP contribution in [0.4, 0.5) is 5.82 Å². The van der Waals surface area contributed by atoms with Crippen LogP contribution in [0.25, 0.3) is 16.9 Å². The van der Waals surface area contributed by atoms with E-state index >= 15 is 0 Å². The maximum absolute atomic E-state index is 13.6. The second-order valence-electron chi connectivity index (χ2n) is 8.17. The van der Waals surface area contributed by atoms with Gasteiger partial charge in [-0.1, -0.05) is 35.4 Å². The summed E-state index contributed by atoms with van der Waals surface area (Å²) in [7, 11) is -3.75. The van der Waals surface area contributed by atoms with Crippen LogP contribution in [0.3, 0.4) is 0 Å². The normalized spacial score (nSPS) is 13.4. The van der Waals surface area contributed by atoms with E-state index in [-0.39, 0.29) is 4.90 Å². The molecule has 32 heavy (non-hydrogen) atoms. The monoisotopic (exact) mass is 444 g/mol. The summed E-state index contributed by atoms with van der Waals surface area (Å²) in [5.41, 5.74) is 6.74. The van der Waals surface area contributed by atoms with Crippen molar-refractivity contribution in [1.29, 1.82) is 0 Å². The first kappa shape index (κ1) is 20.5. The lowest BCUT2D eigenvalue weighted by Gasteiger charge is -2.23. The predicted molar refractivity (Wildman–Crippen MR) is 126 cm³/mol. The number of aryl methyl sites for hydroxylation is 2. The molecule has 0 unspecified atom stereocenters. The molecule has 0 saturated heterocycles. The lowest BCUT2D eigenvalue weighted by Crippen LogP contribution is -2.33. The fourth-order valence-electron chi connectivity index (χ4n) is 4.16. The number of nitrogens with zero attached hydrogens (tertiary/aromatic N) is 4. The fourth-order valence-corrected chi connectivity index (χ4v) is 5.60. The number of hydrogen-bond donors (Lipinski definition) is 0. The molecule has 0 amide bonds. The topological polar surface area (TPSA) is 68.1 Å². The number of benzene rings is 2. The van der Waals surface area contributed by atoms with Crippen molar-refractivity contribution < 1.29 is 8.42 Å². The van der Waals surface area contributed by atoms with Crippen LogP contribution >= 0.6 is 0 Å². The lowest BCUT2D eigenvalue weighted by molar-refractivity contribution is 0.590. The standard InChI is InChI=1S/C25H24N4O2S/c1-17-6-10-20(11-7-17)29-19(3)22-14-16-28(25-23(24(22)27-29)5-4-15-26-25)32(30,31)21-12-8-18(2)9-13-21/h4-13,15H,14,16H2,1-3H3. The molecule has 0 aliphatic carbocycles. The van der Waals surface area contributed by atoms with E-state index in [4.69, 9.17) is 5.10 Å². The van der Waals surface area contributed by atoms with E-state index in [0.717, 1.165) is 33.8 Å². The Labute approximate surface area is 188 Å². The van der Waals surface area contributed by atoms with Gasteiger partial charge in [0.05, 0.1) is 10.6 Å². The Balaban J connectivity index is 1.65. The number of anilines is 1. The summed E-state index contributed by atoms with van der Waals surface area (Å²) in [6, 6.07) is 18.9. The summed E-state index contributed by atoms with van der Waals surface area (Å²) in [6.07, 6.45) is 2.18. The van der Waals surface area contributed by atoms with Crippen LogP contribution in [0.2, 0.25) is 0 Å². The van der Waals surface area contributed by atoms with Crippen molar-refractivity contribution in [1.82, 2.24) is 14.8 Å². The summed E-state index contributed by atoms with van der Waals surface area (Å²) >= 11 is 0. The Morgan fingerprint density at radius 2 is 1.53 bits per heavy atom. The number of fused-ring (bicyclic) bond motifs is 3. The Kier molecular flexibility index (Phi) is 4.86. The minimum atomic E-state index is -3.75. The first-order valence-electron chi connectivity index (χ1n) is 10.6. The zero-order valence-electron chi connectivity index (χ0n) is 18.3. The summed E-state index contributed by atoms with van der Waals surface area (Å²) in [6.45, 7) is 6.33. The van der Waals surface area contributed by atoms with Crippen LogP contribution in [0.1, 0.15) is 22.4 Å². The smallest absolute Gasteiger partial charge is 0.249 e. The van der Waals surface area contributed by atoms with Crippen molar-refractivity contribution in [3.63, 3.8) is 0 Å². The van der Waals surface area contributed by atoms with Crippen molar-refractivity contribution in [3.8, 4) is 16.9 Å². The maximum atomic E-state index is 13.6. The molecule has 0 radical (unpaired) electrons. The van der Waals surface area contributed by atoms with E-state index in [2.05, 4.69) is 24.0 Å². The molecule has 5 rings (SSSR count). The average molecular weight is 445 g/mol. The van der Waals surface area contributed by atoms with E-state index in [0.29, 0.717) is 18.8 Å². The van der Waals surface area contributed by atoms with Gasteiger partial charge in [-0.2, -0.15) is 5.10 Å². The minimum Gasteiger partial charge on any atom is -0.249 e. The molecule has 0 N–H and O–H groups in total. The summed E-state index contributed by atoms with van der Waals surface area (Å²) in [5, 5.41) is 4.91. The van der Waals surface area contributed by atoms with Gasteiger partial charge in [0.15, 0.2) is 5.82 Å². The molecule has 2 aromatic heterocycles. The summed E-state index contributed by atoms with van der Waals surface area (Å²) < 4.78 is 30.5. The van der Waals surface area contributed by atoms with Gasteiger partial charge in [0.2, 0.25) is 0 Å². The van der Waals surface area contributed by atoms with Crippen molar-refractivity contribution in [3.05, 3.63) is 89.2 Å². The molecule has 0 bridgehead atoms.